The Hall–Kier alpha value is -2.14. The lowest BCUT2D eigenvalue weighted by Gasteiger charge is -2.31. The molecule has 1 aliphatic rings. The number of aryl methyl sites for hydroxylation is 1. The van der Waals surface area contributed by atoms with Gasteiger partial charge >= 0.3 is 0 Å². The Kier molecular flexibility index (Phi) is 5.64. The first-order valence-electron chi connectivity index (χ1n) is 8.77. The van der Waals surface area contributed by atoms with E-state index in [9.17, 15) is 4.79 Å². The zero-order valence-electron chi connectivity index (χ0n) is 14.3. The molecule has 5 nitrogen and oxygen atoms in total. The maximum absolute atomic E-state index is 12.6. The van der Waals surface area contributed by atoms with E-state index >= 15 is 0 Å². The molecule has 1 amide bonds. The van der Waals surface area contributed by atoms with Crippen molar-refractivity contribution in [3.05, 3.63) is 53.9 Å². The zero-order valence-corrected chi connectivity index (χ0v) is 14.3. The first kappa shape index (κ1) is 16.7. The van der Waals surface area contributed by atoms with Crippen molar-refractivity contribution in [1.82, 2.24) is 20.0 Å². The molecule has 5 heteroatoms. The molecule has 3 rings (SSSR count). The molecule has 1 saturated heterocycles. The third kappa shape index (κ3) is 4.45. The molecule has 1 fully saturated rings. The molecule has 0 bridgehead atoms. The lowest BCUT2D eigenvalue weighted by Crippen LogP contribution is -2.46. The molecule has 128 valence electrons. The van der Waals surface area contributed by atoms with Crippen molar-refractivity contribution in [2.45, 2.75) is 31.7 Å². The van der Waals surface area contributed by atoms with Crippen LogP contribution in [0.5, 0.6) is 0 Å². The summed E-state index contributed by atoms with van der Waals surface area (Å²) in [5, 5.41) is 7.30. The Morgan fingerprint density at radius 3 is 2.58 bits per heavy atom. The Morgan fingerprint density at radius 1 is 1.17 bits per heavy atom. The molecule has 1 N–H and O–H groups in total. The molecule has 0 spiro atoms. The van der Waals surface area contributed by atoms with Crippen LogP contribution in [0.15, 0.2) is 42.6 Å². The van der Waals surface area contributed by atoms with Gasteiger partial charge in [-0.05, 0) is 44.0 Å². The number of piperidine rings is 1. The number of carbonyl (C=O) groups excluding carboxylic acids is 1. The number of benzene rings is 1. The second kappa shape index (κ2) is 8.11. The molecule has 1 aliphatic heterocycles. The van der Waals surface area contributed by atoms with Crippen LogP contribution in [0.3, 0.4) is 0 Å². The van der Waals surface area contributed by atoms with Crippen LogP contribution in [0, 0.1) is 0 Å². The summed E-state index contributed by atoms with van der Waals surface area (Å²) in [6, 6.07) is 12.2. The molecule has 0 radical (unpaired) electrons. The Bertz CT molecular complexity index is 646. The molecule has 1 aromatic carbocycles. The number of likely N-dealkylation sites (tertiary alicyclic amines) is 1. The minimum atomic E-state index is -0.0482. The smallest absolute Gasteiger partial charge is 0.269 e. The summed E-state index contributed by atoms with van der Waals surface area (Å²) in [5.41, 5.74) is 1.86. The highest BCUT2D eigenvalue weighted by molar-refractivity contribution is 5.92. The topological polar surface area (TPSA) is 50.2 Å². The van der Waals surface area contributed by atoms with Gasteiger partial charge in [0.15, 0.2) is 0 Å². The largest absolute Gasteiger partial charge is 0.346 e. The van der Waals surface area contributed by atoms with E-state index in [1.165, 1.54) is 24.8 Å². The number of hydrogen-bond donors (Lipinski definition) is 1. The fourth-order valence-electron chi connectivity index (χ4n) is 3.37. The highest BCUT2D eigenvalue weighted by Crippen LogP contribution is 2.12. The number of carbonyl (C=O) groups is 1. The molecule has 0 saturated carbocycles. The van der Waals surface area contributed by atoms with E-state index < -0.39 is 0 Å². The second-order valence-corrected chi connectivity index (χ2v) is 6.56. The van der Waals surface area contributed by atoms with Crippen molar-refractivity contribution in [2.75, 3.05) is 19.6 Å². The fraction of sp³-hybridized carbons (Fsp3) is 0.474. The van der Waals surface area contributed by atoms with Crippen LogP contribution in [0.2, 0.25) is 0 Å². The third-order valence-electron chi connectivity index (χ3n) is 4.64. The van der Waals surface area contributed by atoms with E-state index in [-0.39, 0.29) is 11.9 Å². The van der Waals surface area contributed by atoms with Gasteiger partial charge in [0, 0.05) is 25.8 Å². The van der Waals surface area contributed by atoms with Gasteiger partial charge in [-0.25, -0.2) is 0 Å². The summed E-state index contributed by atoms with van der Waals surface area (Å²) >= 11 is 0. The summed E-state index contributed by atoms with van der Waals surface area (Å²) in [7, 11) is 1.80. The summed E-state index contributed by atoms with van der Waals surface area (Å²) < 4.78 is 1.62. The average Bonchev–Trinajstić information content (AvgIpc) is 3.03. The molecular formula is C19H26N4O. The first-order chi connectivity index (χ1) is 11.7. The highest BCUT2D eigenvalue weighted by atomic mass is 16.2. The van der Waals surface area contributed by atoms with Crippen LogP contribution < -0.4 is 5.32 Å². The summed E-state index contributed by atoms with van der Waals surface area (Å²) in [6.07, 6.45) is 6.34. The van der Waals surface area contributed by atoms with E-state index in [2.05, 4.69) is 39.6 Å². The van der Waals surface area contributed by atoms with E-state index in [0.717, 1.165) is 26.1 Å². The lowest BCUT2D eigenvalue weighted by molar-refractivity contribution is 0.0911. The van der Waals surface area contributed by atoms with Crippen molar-refractivity contribution in [3.8, 4) is 0 Å². The van der Waals surface area contributed by atoms with Gasteiger partial charge in [0.2, 0.25) is 0 Å². The highest BCUT2D eigenvalue weighted by Gasteiger charge is 2.20. The predicted molar refractivity (Wildman–Crippen MR) is 94.9 cm³/mol. The fourth-order valence-corrected chi connectivity index (χ4v) is 3.37. The maximum Gasteiger partial charge on any atom is 0.269 e. The van der Waals surface area contributed by atoms with E-state index in [0.29, 0.717) is 5.69 Å². The number of nitrogens with zero attached hydrogens (tertiary/aromatic N) is 3. The second-order valence-electron chi connectivity index (χ2n) is 6.56. The standard InChI is InChI=1S/C19H26N4O/c1-22-18(10-11-20-22)19(24)21-17(14-16-8-4-2-5-9-16)15-23-12-6-3-7-13-23/h2,4-5,8-11,17H,3,6-7,12-15H2,1H3,(H,21,24). The minimum absolute atomic E-state index is 0.0482. The van der Waals surface area contributed by atoms with E-state index in [4.69, 9.17) is 0 Å². The van der Waals surface area contributed by atoms with Gasteiger partial charge in [0.1, 0.15) is 5.69 Å². The molecule has 1 unspecified atom stereocenters. The summed E-state index contributed by atoms with van der Waals surface area (Å²) in [6.45, 7) is 3.16. The number of nitrogens with one attached hydrogen (secondary N) is 1. The molecule has 24 heavy (non-hydrogen) atoms. The van der Waals surface area contributed by atoms with Crippen LogP contribution in [0.25, 0.3) is 0 Å². The SMILES string of the molecule is Cn1nccc1C(=O)NC(Cc1ccccc1)CN1CCCCC1. The van der Waals surface area contributed by atoms with Gasteiger partial charge in [-0.3, -0.25) is 9.48 Å². The lowest BCUT2D eigenvalue weighted by atomic mass is 10.0. The molecule has 1 aromatic heterocycles. The van der Waals surface area contributed by atoms with E-state index in [1.54, 1.807) is 24.0 Å². The van der Waals surface area contributed by atoms with E-state index in [1.807, 2.05) is 6.07 Å². The Labute approximate surface area is 143 Å². The molecule has 2 aromatic rings. The minimum Gasteiger partial charge on any atom is -0.346 e. The van der Waals surface area contributed by atoms with Gasteiger partial charge in [-0.15, -0.1) is 0 Å². The van der Waals surface area contributed by atoms with Crippen molar-refractivity contribution in [3.63, 3.8) is 0 Å². The van der Waals surface area contributed by atoms with Crippen LogP contribution in [-0.2, 0) is 13.5 Å². The average molecular weight is 326 g/mol. The zero-order chi connectivity index (χ0) is 16.8. The number of aromatic nitrogens is 2. The van der Waals surface area contributed by atoms with Crippen molar-refractivity contribution in [2.24, 2.45) is 7.05 Å². The van der Waals surface area contributed by atoms with Crippen LogP contribution in [-0.4, -0.2) is 46.3 Å². The summed E-state index contributed by atoms with van der Waals surface area (Å²) in [5.74, 6) is -0.0482. The number of amides is 1. The quantitative estimate of drug-likeness (QED) is 0.886. The number of hydrogen-bond acceptors (Lipinski definition) is 3. The van der Waals surface area contributed by atoms with Gasteiger partial charge in [-0.2, -0.15) is 5.10 Å². The Morgan fingerprint density at radius 2 is 1.92 bits per heavy atom. The normalized spacial score (nSPS) is 16.7. The van der Waals surface area contributed by atoms with Crippen LogP contribution >= 0.6 is 0 Å². The van der Waals surface area contributed by atoms with Crippen LogP contribution in [0.4, 0.5) is 0 Å². The first-order valence-corrected chi connectivity index (χ1v) is 8.77. The van der Waals surface area contributed by atoms with Crippen molar-refractivity contribution in [1.29, 1.82) is 0 Å². The van der Waals surface area contributed by atoms with Gasteiger partial charge in [-0.1, -0.05) is 36.8 Å². The van der Waals surface area contributed by atoms with Gasteiger partial charge in [0.25, 0.3) is 5.91 Å². The summed E-state index contributed by atoms with van der Waals surface area (Å²) in [4.78, 5) is 15.1. The predicted octanol–water partition coefficient (Wildman–Crippen LogP) is 2.25. The van der Waals surface area contributed by atoms with Gasteiger partial charge in [0.05, 0.1) is 0 Å². The maximum atomic E-state index is 12.6. The van der Waals surface area contributed by atoms with Crippen molar-refractivity contribution < 1.29 is 4.79 Å². The molecule has 0 aliphatic carbocycles. The van der Waals surface area contributed by atoms with Crippen LogP contribution in [0.1, 0.15) is 35.3 Å². The molecular weight excluding hydrogens is 300 g/mol. The third-order valence-corrected chi connectivity index (χ3v) is 4.64. The van der Waals surface area contributed by atoms with Gasteiger partial charge < -0.3 is 10.2 Å². The molecule has 2 heterocycles. The van der Waals surface area contributed by atoms with Crippen molar-refractivity contribution >= 4 is 5.91 Å². The Balaban J connectivity index is 1.68. The number of rotatable bonds is 6. The monoisotopic (exact) mass is 326 g/mol. The molecule has 1 atom stereocenters.